The molecule has 0 aromatic rings. The molecule has 0 aromatic carbocycles. The average molecular weight is 112 g/mol. The summed E-state index contributed by atoms with van der Waals surface area (Å²) in [4.78, 5) is 9.23. The highest BCUT2D eigenvalue weighted by atomic mass is 35.5. The molecule has 4 heteroatoms. The van der Waals surface area contributed by atoms with E-state index >= 15 is 0 Å². The van der Waals surface area contributed by atoms with Crippen molar-refractivity contribution < 1.29 is 9.00 Å². The predicted octanol–water partition coefficient (Wildman–Crippen LogP) is 0.773. The molecule has 0 N–H and O–H groups in total. The van der Waals surface area contributed by atoms with E-state index in [1.165, 1.54) is 0 Å². The molecule has 0 radical (unpaired) electrons. The van der Waals surface area contributed by atoms with Crippen molar-refractivity contribution >= 4 is 27.8 Å². The smallest absolute Gasteiger partial charge is 0.203 e. The molecule has 0 bridgehead atoms. The molecule has 5 heavy (non-hydrogen) atoms. The molecule has 28 valence electrons. The van der Waals surface area contributed by atoms with Crippen molar-refractivity contribution in [2.45, 2.75) is 0 Å². The number of halogens is 1. The molecule has 0 unspecified atom stereocenters. The lowest BCUT2D eigenvalue weighted by Crippen LogP contribution is -1.67. The fraction of sp³-hybridized carbons (Fsp3) is 0. The van der Waals surface area contributed by atoms with E-state index in [0.29, 0.717) is 0 Å². The van der Waals surface area contributed by atoms with Crippen molar-refractivity contribution in [2.75, 3.05) is 0 Å². The SMILES string of the molecule is O=[S+]C(=O)Cl. The van der Waals surface area contributed by atoms with Crippen LogP contribution >= 0.6 is 11.6 Å². The van der Waals surface area contributed by atoms with Gasteiger partial charge in [-0.25, -0.2) is 4.79 Å². The highest BCUT2D eigenvalue weighted by Crippen LogP contribution is 1.75. The summed E-state index contributed by atoms with van der Waals surface area (Å²) in [6.07, 6.45) is 0. The Morgan fingerprint density at radius 2 is 2.00 bits per heavy atom. The van der Waals surface area contributed by atoms with Crippen LogP contribution in [0.5, 0.6) is 0 Å². The van der Waals surface area contributed by atoms with E-state index in [1.807, 2.05) is 0 Å². The van der Waals surface area contributed by atoms with Crippen LogP contribution in [0.25, 0.3) is 0 Å². The molecule has 0 saturated carbocycles. The van der Waals surface area contributed by atoms with Gasteiger partial charge in [-0.05, 0) is 0 Å². The first-order chi connectivity index (χ1) is 2.27. The number of hydrogen-bond donors (Lipinski definition) is 0. The van der Waals surface area contributed by atoms with Crippen molar-refractivity contribution in [2.24, 2.45) is 0 Å². The van der Waals surface area contributed by atoms with Gasteiger partial charge in [-0.15, -0.1) is 0 Å². The van der Waals surface area contributed by atoms with Crippen LogP contribution < -0.4 is 0 Å². The van der Waals surface area contributed by atoms with Crippen LogP contribution in [0.15, 0.2) is 0 Å². The summed E-state index contributed by atoms with van der Waals surface area (Å²) >= 11 is 4.23. The maximum absolute atomic E-state index is 9.23. The second-order valence-electron chi connectivity index (χ2n) is 0.321. The lowest BCUT2D eigenvalue weighted by Gasteiger charge is -1.31. The van der Waals surface area contributed by atoms with Gasteiger partial charge in [0.1, 0.15) is 0 Å². The maximum Gasteiger partial charge on any atom is 0.566 e. The Balaban J connectivity index is 3.20. The first kappa shape index (κ1) is 4.98. The zero-order valence-corrected chi connectivity index (χ0v) is 3.68. The van der Waals surface area contributed by atoms with Crippen LogP contribution in [-0.2, 0) is 15.9 Å². The molecule has 0 spiro atoms. The minimum atomic E-state index is -0.912. The van der Waals surface area contributed by atoms with Gasteiger partial charge < -0.3 is 0 Å². The van der Waals surface area contributed by atoms with E-state index in [0.717, 1.165) is 0 Å². The van der Waals surface area contributed by atoms with E-state index in [-0.39, 0.29) is 11.7 Å². The average Bonchev–Trinajstić information content (AvgIpc) is 1.38. The summed E-state index contributed by atoms with van der Waals surface area (Å²) < 4.78 is 8.15. The summed E-state index contributed by atoms with van der Waals surface area (Å²) in [7, 11) is 0. The lowest BCUT2D eigenvalue weighted by molar-refractivity contribution is 0.275. The monoisotopic (exact) mass is 111 g/mol. The molecule has 0 saturated heterocycles. The van der Waals surface area contributed by atoms with Gasteiger partial charge in [0.25, 0.3) is 0 Å². The Bertz CT molecular complexity index is 60.7. The largest absolute Gasteiger partial charge is 0.566 e. The van der Waals surface area contributed by atoms with Crippen LogP contribution in [0.3, 0.4) is 0 Å². The van der Waals surface area contributed by atoms with Crippen LogP contribution in [0.1, 0.15) is 0 Å². The van der Waals surface area contributed by atoms with E-state index in [4.69, 9.17) is 4.21 Å². The van der Waals surface area contributed by atoms with Crippen molar-refractivity contribution in [3.63, 3.8) is 0 Å². The van der Waals surface area contributed by atoms with Gasteiger partial charge in [0.15, 0.2) is 0 Å². The van der Waals surface area contributed by atoms with Gasteiger partial charge in [-0.3, -0.25) is 0 Å². The number of rotatable bonds is 0. The molecular formula is CClO2S+. The molecule has 0 amide bonds. The Hall–Kier alpha value is -0.0200. The van der Waals surface area contributed by atoms with Crippen LogP contribution in [0.4, 0.5) is 4.79 Å². The number of carbonyl (C=O) groups is 1. The molecule has 0 aliphatic heterocycles. The van der Waals surface area contributed by atoms with Gasteiger partial charge in [-0.2, -0.15) is 0 Å². The maximum atomic E-state index is 9.23. The summed E-state index contributed by atoms with van der Waals surface area (Å²) in [5, 5.41) is 0. The highest BCUT2D eigenvalue weighted by molar-refractivity contribution is 7.87. The fourth-order valence-corrected chi connectivity index (χ4v) is 0. The van der Waals surface area contributed by atoms with Crippen LogP contribution in [0.2, 0.25) is 0 Å². The third kappa shape index (κ3) is 3.98. The van der Waals surface area contributed by atoms with E-state index in [1.54, 1.807) is 0 Å². The number of carbonyl (C=O) groups excluding carboxylic acids is 1. The molecule has 0 fully saturated rings. The minimum Gasteiger partial charge on any atom is -0.203 e. The molecule has 0 atom stereocenters. The van der Waals surface area contributed by atoms with Crippen molar-refractivity contribution in [1.29, 1.82) is 0 Å². The van der Waals surface area contributed by atoms with E-state index < -0.39 is 4.57 Å². The second-order valence-corrected chi connectivity index (χ2v) is 1.43. The summed E-state index contributed by atoms with van der Waals surface area (Å²) in [5.41, 5.74) is 0. The third-order valence-electron chi connectivity index (χ3n) is 0.0655. The topological polar surface area (TPSA) is 34.1 Å². The third-order valence-corrected chi connectivity index (χ3v) is 0.386. The molecule has 0 heterocycles. The molecular weight excluding hydrogens is 112 g/mol. The number of hydrogen-bond acceptors (Lipinski definition) is 2. The zero-order valence-electron chi connectivity index (χ0n) is 2.10. The van der Waals surface area contributed by atoms with E-state index in [9.17, 15) is 4.79 Å². The molecule has 0 aliphatic rings. The Morgan fingerprint density at radius 1 is 1.80 bits per heavy atom. The summed E-state index contributed by atoms with van der Waals surface area (Å²) in [6, 6.07) is 0. The van der Waals surface area contributed by atoms with Gasteiger partial charge in [0.05, 0.1) is 0 Å². The first-order valence-corrected chi connectivity index (χ1v) is 1.88. The van der Waals surface area contributed by atoms with Gasteiger partial charge >= 0.3 is 16.2 Å². The summed E-state index contributed by atoms with van der Waals surface area (Å²) in [5.74, 6) is 0. The van der Waals surface area contributed by atoms with Gasteiger partial charge in [-0.1, -0.05) is 0 Å². The Kier molecular flexibility index (Phi) is 2.22. The summed E-state index contributed by atoms with van der Waals surface area (Å²) in [6.45, 7) is 0. The highest BCUT2D eigenvalue weighted by Gasteiger charge is 2.07. The van der Waals surface area contributed by atoms with E-state index in [2.05, 4.69) is 11.6 Å². The Labute approximate surface area is 37.6 Å². The van der Waals surface area contributed by atoms with Crippen molar-refractivity contribution in [3.8, 4) is 0 Å². The molecule has 0 aliphatic carbocycles. The van der Waals surface area contributed by atoms with Gasteiger partial charge in [0.2, 0.25) is 0 Å². The lowest BCUT2D eigenvalue weighted by atomic mass is 11.8. The standard InChI is InChI=1S/CClO2S/c2-1(3)5-4/q+1. The predicted molar refractivity (Wildman–Crippen MR) is 19.3 cm³/mol. The molecule has 0 aromatic heterocycles. The van der Waals surface area contributed by atoms with Gasteiger partial charge in [0, 0.05) is 15.8 Å². The van der Waals surface area contributed by atoms with Crippen molar-refractivity contribution in [1.82, 2.24) is 0 Å². The fourth-order valence-electron chi connectivity index (χ4n) is 0. The first-order valence-electron chi connectivity index (χ1n) is 0.764. The van der Waals surface area contributed by atoms with Crippen LogP contribution in [0, 0.1) is 0 Å². The molecule has 0 rings (SSSR count). The zero-order chi connectivity index (χ0) is 4.28. The Morgan fingerprint density at radius 3 is 2.00 bits per heavy atom. The van der Waals surface area contributed by atoms with Crippen LogP contribution in [-0.4, -0.2) is 4.57 Å². The van der Waals surface area contributed by atoms with Crippen molar-refractivity contribution in [3.05, 3.63) is 0 Å². The quantitative estimate of drug-likeness (QED) is 0.342. The molecule has 2 nitrogen and oxygen atoms in total. The normalized spacial score (nSPS) is 6.60. The minimum absolute atomic E-state index is 0.244. The second kappa shape index (κ2) is 2.23.